The Morgan fingerprint density at radius 1 is 1.21 bits per heavy atom. The van der Waals surface area contributed by atoms with Crippen LogP contribution in [-0.2, 0) is 14.6 Å². The molecule has 29 heavy (non-hydrogen) atoms. The molecule has 0 aliphatic rings. The van der Waals surface area contributed by atoms with Gasteiger partial charge < -0.3 is 15.4 Å². The molecule has 0 aromatic heterocycles. The summed E-state index contributed by atoms with van der Waals surface area (Å²) in [6, 6.07) is 8.65. The van der Waals surface area contributed by atoms with Crippen LogP contribution in [0.15, 0.2) is 41.3 Å². The highest BCUT2D eigenvalue weighted by Crippen LogP contribution is 2.27. The Labute approximate surface area is 173 Å². The van der Waals surface area contributed by atoms with Crippen LogP contribution in [0.1, 0.15) is 5.56 Å². The van der Waals surface area contributed by atoms with Crippen molar-refractivity contribution in [2.24, 2.45) is 0 Å². The van der Waals surface area contributed by atoms with E-state index in [-0.39, 0.29) is 41.9 Å². The molecule has 0 radical (unpaired) electrons. The molecule has 0 unspecified atom stereocenters. The molecule has 156 valence electrons. The average Bonchev–Trinajstić information content (AvgIpc) is 2.65. The van der Waals surface area contributed by atoms with Crippen molar-refractivity contribution in [2.75, 3.05) is 31.3 Å². The van der Waals surface area contributed by atoms with Crippen molar-refractivity contribution in [3.8, 4) is 5.75 Å². The Kier molecular flexibility index (Phi) is 7.40. The van der Waals surface area contributed by atoms with Gasteiger partial charge >= 0.3 is 0 Å². The van der Waals surface area contributed by atoms with E-state index in [1.165, 1.54) is 12.1 Å². The Morgan fingerprint density at radius 3 is 2.55 bits per heavy atom. The van der Waals surface area contributed by atoms with Crippen LogP contribution in [0.25, 0.3) is 0 Å². The number of aryl methyl sites for hydroxylation is 1. The lowest BCUT2D eigenvalue weighted by Gasteiger charge is -2.10. The number of nitro groups is 1. The number of anilines is 1. The van der Waals surface area contributed by atoms with Crippen LogP contribution < -0.4 is 15.4 Å². The topological polar surface area (TPSA) is 128 Å². The summed E-state index contributed by atoms with van der Waals surface area (Å²) < 4.78 is 28.5. The SMILES string of the molecule is Cc1cc(OCC(=O)NCCNc2ccc(S(C)(=O)=O)cc2[N+](=O)[O-])ccc1Cl. The van der Waals surface area contributed by atoms with Gasteiger partial charge in [-0.05, 0) is 42.8 Å². The molecular formula is C18H20ClN3O6S. The summed E-state index contributed by atoms with van der Waals surface area (Å²) in [6.07, 6.45) is 0.974. The largest absolute Gasteiger partial charge is 0.484 e. The summed E-state index contributed by atoms with van der Waals surface area (Å²) in [6.45, 7) is 2.02. The molecule has 0 spiro atoms. The summed E-state index contributed by atoms with van der Waals surface area (Å²) in [5.74, 6) is 0.156. The number of nitro benzene ring substituents is 1. The Bertz CT molecular complexity index is 1030. The first-order chi connectivity index (χ1) is 13.6. The van der Waals surface area contributed by atoms with Crippen molar-refractivity contribution in [3.63, 3.8) is 0 Å². The molecule has 2 aromatic carbocycles. The fraction of sp³-hybridized carbons (Fsp3) is 0.278. The van der Waals surface area contributed by atoms with Crippen LogP contribution >= 0.6 is 11.6 Å². The number of hydrogen-bond acceptors (Lipinski definition) is 7. The predicted octanol–water partition coefficient (Wildman–Crippen LogP) is 2.57. The molecule has 11 heteroatoms. The lowest BCUT2D eigenvalue weighted by Crippen LogP contribution is -2.32. The molecule has 0 heterocycles. The van der Waals surface area contributed by atoms with Gasteiger partial charge in [0.2, 0.25) is 0 Å². The molecule has 9 nitrogen and oxygen atoms in total. The van der Waals surface area contributed by atoms with Crippen LogP contribution in [0.4, 0.5) is 11.4 Å². The minimum absolute atomic E-state index is 0.141. The Hall–Kier alpha value is -2.85. The molecule has 2 aromatic rings. The van der Waals surface area contributed by atoms with Gasteiger partial charge in [-0.15, -0.1) is 0 Å². The van der Waals surface area contributed by atoms with Gasteiger partial charge in [0.05, 0.1) is 9.82 Å². The minimum Gasteiger partial charge on any atom is -0.484 e. The smallest absolute Gasteiger partial charge is 0.293 e. The quantitative estimate of drug-likeness (QED) is 0.347. The lowest BCUT2D eigenvalue weighted by atomic mass is 10.2. The predicted molar refractivity (Wildman–Crippen MR) is 109 cm³/mol. The van der Waals surface area contributed by atoms with E-state index in [0.29, 0.717) is 10.8 Å². The van der Waals surface area contributed by atoms with Gasteiger partial charge in [-0.25, -0.2) is 8.42 Å². The first-order valence-corrected chi connectivity index (χ1v) is 10.7. The summed E-state index contributed by atoms with van der Waals surface area (Å²) >= 11 is 5.93. The molecule has 2 rings (SSSR count). The molecule has 0 atom stereocenters. The highest BCUT2D eigenvalue weighted by atomic mass is 35.5. The number of nitrogens with one attached hydrogen (secondary N) is 2. The maximum atomic E-state index is 11.8. The molecular weight excluding hydrogens is 422 g/mol. The Balaban J connectivity index is 1.84. The first-order valence-electron chi connectivity index (χ1n) is 8.46. The van der Waals surface area contributed by atoms with E-state index in [4.69, 9.17) is 16.3 Å². The van der Waals surface area contributed by atoms with E-state index in [1.54, 1.807) is 18.2 Å². The molecule has 0 aliphatic heterocycles. The number of rotatable bonds is 9. The molecule has 0 saturated carbocycles. The van der Waals surface area contributed by atoms with Crippen LogP contribution in [0.2, 0.25) is 5.02 Å². The van der Waals surface area contributed by atoms with Crippen LogP contribution in [0, 0.1) is 17.0 Å². The standard InChI is InChI=1S/C18H20ClN3O6S/c1-12-9-13(3-5-15(12)19)28-11-18(23)21-8-7-20-16-6-4-14(29(2,26)27)10-17(16)22(24)25/h3-6,9-10,20H,7-8,11H2,1-2H3,(H,21,23). The van der Waals surface area contributed by atoms with Gasteiger partial charge in [-0.2, -0.15) is 0 Å². The van der Waals surface area contributed by atoms with E-state index in [2.05, 4.69) is 10.6 Å². The molecule has 0 bridgehead atoms. The average molecular weight is 442 g/mol. The highest BCUT2D eigenvalue weighted by molar-refractivity contribution is 7.90. The Morgan fingerprint density at radius 2 is 1.93 bits per heavy atom. The first kappa shape index (κ1) is 22.4. The molecule has 0 aliphatic carbocycles. The van der Waals surface area contributed by atoms with Crippen molar-refractivity contribution < 1.29 is 22.9 Å². The lowest BCUT2D eigenvalue weighted by molar-refractivity contribution is -0.384. The van der Waals surface area contributed by atoms with Crippen molar-refractivity contribution in [1.82, 2.24) is 5.32 Å². The van der Waals surface area contributed by atoms with Gasteiger partial charge in [0.15, 0.2) is 16.4 Å². The van der Waals surface area contributed by atoms with Crippen molar-refractivity contribution in [2.45, 2.75) is 11.8 Å². The number of ether oxygens (including phenoxy) is 1. The summed E-state index contributed by atoms with van der Waals surface area (Å²) in [5, 5.41) is 17.2. The van der Waals surface area contributed by atoms with Crippen LogP contribution in [0.5, 0.6) is 5.75 Å². The van der Waals surface area contributed by atoms with Crippen LogP contribution in [0.3, 0.4) is 0 Å². The number of halogens is 1. The molecule has 0 saturated heterocycles. The van der Waals surface area contributed by atoms with Gasteiger partial charge in [-0.3, -0.25) is 14.9 Å². The number of carbonyl (C=O) groups is 1. The van der Waals surface area contributed by atoms with E-state index in [1.807, 2.05) is 6.92 Å². The molecule has 2 N–H and O–H groups in total. The third-order valence-electron chi connectivity index (χ3n) is 3.86. The van der Waals surface area contributed by atoms with E-state index in [0.717, 1.165) is 17.9 Å². The number of sulfone groups is 1. The van der Waals surface area contributed by atoms with Crippen molar-refractivity contribution in [1.29, 1.82) is 0 Å². The maximum absolute atomic E-state index is 11.8. The minimum atomic E-state index is -3.56. The normalized spacial score (nSPS) is 11.0. The molecule has 1 amide bonds. The number of benzene rings is 2. The number of hydrogen-bond donors (Lipinski definition) is 2. The fourth-order valence-electron chi connectivity index (χ4n) is 2.35. The zero-order valence-electron chi connectivity index (χ0n) is 15.8. The van der Waals surface area contributed by atoms with Crippen molar-refractivity contribution >= 4 is 38.7 Å². The number of carbonyl (C=O) groups excluding carboxylic acids is 1. The third kappa shape index (κ3) is 6.61. The summed E-state index contributed by atoms with van der Waals surface area (Å²) in [4.78, 5) is 22.2. The monoisotopic (exact) mass is 441 g/mol. The fourth-order valence-corrected chi connectivity index (χ4v) is 3.11. The second kappa shape index (κ2) is 9.57. The maximum Gasteiger partial charge on any atom is 0.293 e. The van der Waals surface area contributed by atoms with E-state index >= 15 is 0 Å². The highest BCUT2D eigenvalue weighted by Gasteiger charge is 2.18. The summed E-state index contributed by atoms with van der Waals surface area (Å²) in [5.41, 5.74) is 0.627. The van der Waals surface area contributed by atoms with Gasteiger partial charge in [0.25, 0.3) is 11.6 Å². The van der Waals surface area contributed by atoms with Crippen molar-refractivity contribution in [3.05, 3.63) is 57.1 Å². The van der Waals surface area contributed by atoms with Crippen LogP contribution in [-0.4, -0.2) is 45.2 Å². The second-order valence-corrected chi connectivity index (χ2v) is 8.61. The zero-order chi connectivity index (χ0) is 21.6. The second-order valence-electron chi connectivity index (χ2n) is 6.18. The third-order valence-corrected chi connectivity index (χ3v) is 5.39. The van der Waals surface area contributed by atoms with Gasteiger partial charge in [0, 0.05) is 30.4 Å². The van der Waals surface area contributed by atoms with E-state index < -0.39 is 14.8 Å². The van der Waals surface area contributed by atoms with Gasteiger partial charge in [-0.1, -0.05) is 11.6 Å². The number of nitrogens with zero attached hydrogens (tertiary/aromatic N) is 1. The van der Waals surface area contributed by atoms with E-state index in [9.17, 15) is 23.3 Å². The molecule has 0 fully saturated rings. The zero-order valence-corrected chi connectivity index (χ0v) is 17.3. The summed E-state index contributed by atoms with van der Waals surface area (Å²) in [7, 11) is -3.56. The van der Waals surface area contributed by atoms with Gasteiger partial charge in [0.1, 0.15) is 11.4 Å². The number of amides is 1.